The average molecular weight is 285 g/mol. The van der Waals surface area contributed by atoms with Crippen LogP contribution in [0.3, 0.4) is 0 Å². The van der Waals surface area contributed by atoms with Gasteiger partial charge in [-0.3, -0.25) is 10.1 Å². The summed E-state index contributed by atoms with van der Waals surface area (Å²) in [5.41, 5.74) is -0.729. The van der Waals surface area contributed by atoms with Crippen LogP contribution in [0, 0.1) is 5.92 Å². The van der Waals surface area contributed by atoms with Gasteiger partial charge in [-0.2, -0.15) is 0 Å². The molecule has 0 heterocycles. The van der Waals surface area contributed by atoms with Crippen LogP contribution in [-0.4, -0.2) is 41.8 Å². The van der Waals surface area contributed by atoms with Gasteiger partial charge >= 0.3 is 6.03 Å². The van der Waals surface area contributed by atoms with Crippen LogP contribution in [0.4, 0.5) is 4.79 Å². The van der Waals surface area contributed by atoms with Gasteiger partial charge in [0.15, 0.2) is 0 Å². The maximum absolute atomic E-state index is 11.7. The molecule has 1 fully saturated rings. The number of rotatable bonds is 5. The van der Waals surface area contributed by atoms with Gasteiger partial charge in [0.05, 0.1) is 11.6 Å². The summed E-state index contributed by atoms with van der Waals surface area (Å²) >= 11 is 0. The van der Waals surface area contributed by atoms with Crippen LogP contribution in [0.15, 0.2) is 0 Å². The molecule has 20 heavy (non-hydrogen) atoms. The average Bonchev–Trinajstić information content (AvgIpc) is 2.40. The summed E-state index contributed by atoms with van der Waals surface area (Å²) in [6.45, 7) is 6.51. The number of aliphatic hydroxyl groups is 1. The minimum atomic E-state index is -0.729. The van der Waals surface area contributed by atoms with Gasteiger partial charge in [0, 0.05) is 13.1 Å². The van der Waals surface area contributed by atoms with Gasteiger partial charge in [-0.05, 0) is 45.4 Å². The lowest BCUT2D eigenvalue weighted by atomic mass is 9.79. The van der Waals surface area contributed by atoms with Crippen molar-refractivity contribution in [2.45, 2.75) is 58.1 Å². The number of amides is 3. The summed E-state index contributed by atoms with van der Waals surface area (Å²) < 4.78 is 0. The summed E-state index contributed by atoms with van der Waals surface area (Å²) in [5.74, 6) is 0.275. The van der Waals surface area contributed by atoms with Gasteiger partial charge in [-0.25, -0.2) is 4.79 Å². The second-order valence-corrected chi connectivity index (χ2v) is 5.86. The zero-order valence-electron chi connectivity index (χ0n) is 12.7. The predicted molar refractivity (Wildman–Crippen MR) is 77.3 cm³/mol. The molecule has 0 radical (unpaired) electrons. The van der Waals surface area contributed by atoms with Crippen LogP contribution < -0.4 is 16.0 Å². The molecule has 0 aliphatic heterocycles. The highest BCUT2D eigenvalue weighted by molar-refractivity contribution is 5.96. The van der Waals surface area contributed by atoms with E-state index in [-0.39, 0.29) is 5.91 Å². The fourth-order valence-corrected chi connectivity index (χ4v) is 2.34. The molecule has 0 aromatic carbocycles. The molecule has 1 atom stereocenters. The third-order valence-electron chi connectivity index (χ3n) is 3.91. The normalized spacial score (nSPS) is 27.7. The van der Waals surface area contributed by atoms with Crippen LogP contribution in [0.25, 0.3) is 0 Å². The Morgan fingerprint density at radius 3 is 2.50 bits per heavy atom. The number of carbonyl (C=O) groups is 2. The topological polar surface area (TPSA) is 90.5 Å². The SMILES string of the molecule is CCNC(=O)NC(=O)C(C)NCC1(O)CCC(C)CC1. The van der Waals surface area contributed by atoms with E-state index in [0.29, 0.717) is 19.0 Å². The Morgan fingerprint density at radius 2 is 1.95 bits per heavy atom. The zero-order valence-corrected chi connectivity index (χ0v) is 12.7. The summed E-state index contributed by atoms with van der Waals surface area (Å²) in [7, 11) is 0. The summed E-state index contributed by atoms with van der Waals surface area (Å²) in [6.07, 6.45) is 3.53. The molecule has 6 heteroatoms. The predicted octanol–water partition coefficient (Wildman–Crippen LogP) is 0.751. The van der Waals surface area contributed by atoms with Crippen molar-refractivity contribution in [1.82, 2.24) is 16.0 Å². The van der Waals surface area contributed by atoms with Crippen LogP contribution in [0.2, 0.25) is 0 Å². The number of hydrogen-bond acceptors (Lipinski definition) is 4. The Balaban J connectivity index is 2.33. The highest BCUT2D eigenvalue weighted by atomic mass is 16.3. The Labute approximate surface area is 120 Å². The van der Waals surface area contributed by atoms with Crippen molar-refractivity contribution >= 4 is 11.9 Å². The minimum absolute atomic E-state index is 0.379. The molecule has 0 aromatic heterocycles. The van der Waals surface area contributed by atoms with Gasteiger partial charge in [0.25, 0.3) is 0 Å². The molecular formula is C14H27N3O3. The first kappa shape index (κ1) is 16.9. The van der Waals surface area contributed by atoms with Crippen LogP contribution in [0.1, 0.15) is 46.5 Å². The second kappa shape index (κ2) is 7.59. The van der Waals surface area contributed by atoms with Crippen molar-refractivity contribution in [2.75, 3.05) is 13.1 Å². The number of nitrogens with one attached hydrogen (secondary N) is 3. The van der Waals surface area contributed by atoms with Crippen LogP contribution in [0.5, 0.6) is 0 Å². The Hall–Kier alpha value is -1.14. The molecule has 3 amide bonds. The van der Waals surface area contributed by atoms with Crippen molar-refractivity contribution in [2.24, 2.45) is 5.92 Å². The van der Waals surface area contributed by atoms with E-state index in [0.717, 1.165) is 25.7 Å². The van der Waals surface area contributed by atoms with Crippen molar-refractivity contribution in [3.05, 3.63) is 0 Å². The Bertz CT molecular complexity index is 339. The van der Waals surface area contributed by atoms with Crippen molar-refractivity contribution < 1.29 is 14.7 Å². The first-order valence-corrected chi connectivity index (χ1v) is 7.41. The highest BCUT2D eigenvalue weighted by Crippen LogP contribution is 2.31. The molecule has 116 valence electrons. The number of carbonyl (C=O) groups excluding carboxylic acids is 2. The molecule has 4 N–H and O–H groups in total. The first-order valence-electron chi connectivity index (χ1n) is 7.41. The molecule has 1 rings (SSSR count). The summed E-state index contributed by atoms with van der Waals surface area (Å²) in [6, 6.07) is -1.00. The van der Waals surface area contributed by atoms with Crippen LogP contribution >= 0.6 is 0 Å². The fourth-order valence-electron chi connectivity index (χ4n) is 2.34. The molecule has 6 nitrogen and oxygen atoms in total. The molecule has 0 spiro atoms. The number of urea groups is 1. The zero-order chi connectivity index (χ0) is 15.2. The molecule has 1 aliphatic carbocycles. The Morgan fingerprint density at radius 1 is 1.35 bits per heavy atom. The monoisotopic (exact) mass is 285 g/mol. The lowest BCUT2D eigenvalue weighted by molar-refractivity contribution is -0.122. The van der Waals surface area contributed by atoms with Gasteiger partial charge in [0.2, 0.25) is 5.91 Å². The van der Waals surface area contributed by atoms with E-state index in [2.05, 4.69) is 22.9 Å². The number of imide groups is 1. The third-order valence-corrected chi connectivity index (χ3v) is 3.91. The van der Waals surface area contributed by atoms with E-state index in [1.54, 1.807) is 13.8 Å². The fraction of sp³-hybridized carbons (Fsp3) is 0.857. The lowest BCUT2D eigenvalue weighted by Gasteiger charge is -2.35. The molecule has 1 saturated carbocycles. The van der Waals surface area contributed by atoms with E-state index in [4.69, 9.17) is 0 Å². The first-order chi connectivity index (χ1) is 9.36. The van der Waals surface area contributed by atoms with Gasteiger partial charge < -0.3 is 15.7 Å². The molecular weight excluding hydrogens is 258 g/mol. The quantitative estimate of drug-likeness (QED) is 0.600. The van der Waals surface area contributed by atoms with E-state index in [9.17, 15) is 14.7 Å². The third kappa shape index (κ3) is 5.46. The maximum Gasteiger partial charge on any atom is 0.321 e. The maximum atomic E-state index is 11.7. The Kier molecular flexibility index (Phi) is 6.42. The molecule has 1 unspecified atom stereocenters. The largest absolute Gasteiger partial charge is 0.389 e. The van der Waals surface area contributed by atoms with E-state index >= 15 is 0 Å². The lowest BCUT2D eigenvalue weighted by Crippen LogP contribution is -2.52. The minimum Gasteiger partial charge on any atom is -0.389 e. The van der Waals surface area contributed by atoms with E-state index in [1.807, 2.05) is 0 Å². The van der Waals surface area contributed by atoms with Crippen LogP contribution in [-0.2, 0) is 4.79 Å². The van der Waals surface area contributed by atoms with Gasteiger partial charge in [0.1, 0.15) is 0 Å². The van der Waals surface area contributed by atoms with E-state index in [1.165, 1.54) is 0 Å². The number of hydrogen-bond donors (Lipinski definition) is 4. The van der Waals surface area contributed by atoms with Crippen molar-refractivity contribution in [3.8, 4) is 0 Å². The molecule has 1 aliphatic rings. The standard InChI is InChI=1S/C14H27N3O3/c1-4-15-13(19)17-12(18)11(3)16-9-14(20)7-5-10(2)6-8-14/h10-11,16,20H,4-9H2,1-3H3,(H2,15,17,18,19). The van der Waals surface area contributed by atoms with Crippen molar-refractivity contribution in [1.29, 1.82) is 0 Å². The smallest absolute Gasteiger partial charge is 0.321 e. The second-order valence-electron chi connectivity index (χ2n) is 5.86. The van der Waals surface area contributed by atoms with Crippen molar-refractivity contribution in [3.63, 3.8) is 0 Å². The molecule has 0 bridgehead atoms. The summed E-state index contributed by atoms with van der Waals surface area (Å²) in [5, 5.41) is 18.2. The summed E-state index contributed by atoms with van der Waals surface area (Å²) in [4.78, 5) is 23.0. The van der Waals surface area contributed by atoms with Gasteiger partial charge in [-0.1, -0.05) is 6.92 Å². The molecule has 0 saturated heterocycles. The van der Waals surface area contributed by atoms with E-state index < -0.39 is 17.7 Å². The molecule has 0 aromatic rings. The van der Waals surface area contributed by atoms with Gasteiger partial charge in [-0.15, -0.1) is 0 Å². The highest BCUT2D eigenvalue weighted by Gasteiger charge is 2.32.